The van der Waals surface area contributed by atoms with Crippen molar-refractivity contribution in [3.63, 3.8) is 0 Å². The van der Waals surface area contributed by atoms with Gasteiger partial charge in [0.15, 0.2) is 0 Å². The van der Waals surface area contributed by atoms with Gasteiger partial charge in [-0.15, -0.1) is 0 Å². The van der Waals surface area contributed by atoms with E-state index in [0.717, 1.165) is 0 Å². The molecule has 2 aliphatic rings. The average Bonchev–Trinajstić information content (AvgIpc) is 2.80. The number of imide groups is 1. The lowest BCUT2D eigenvalue weighted by molar-refractivity contribution is -0.149. The molecule has 2 atom stereocenters. The van der Waals surface area contributed by atoms with E-state index in [9.17, 15) is 14.4 Å². The number of fused-ring (bicyclic) bond motifs is 1. The standard InChI is InChI=1S/C10H13NO4/c1-4(2)3-11-8(12)5-6(9(11)13)7(5)10(14)15/h4-7H,3H2,1-2H3,(H,14,15). The van der Waals surface area contributed by atoms with Crippen molar-refractivity contribution in [2.24, 2.45) is 23.7 Å². The average molecular weight is 211 g/mol. The second kappa shape index (κ2) is 3.05. The molecule has 0 aromatic rings. The van der Waals surface area contributed by atoms with Gasteiger partial charge in [0.25, 0.3) is 0 Å². The van der Waals surface area contributed by atoms with Gasteiger partial charge in [0.05, 0.1) is 17.8 Å². The molecule has 1 saturated carbocycles. The first-order valence-electron chi connectivity index (χ1n) is 5.03. The van der Waals surface area contributed by atoms with E-state index in [1.165, 1.54) is 4.90 Å². The molecule has 1 aliphatic heterocycles. The van der Waals surface area contributed by atoms with Crippen LogP contribution >= 0.6 is 0 Å². The minimum atomic E-state index is -1.03. The first-order valence-corrected chi connectivity index (χ1v) is 5.03. The minimum absolute atomic E-state index is 0.221. The van der Waals surface area contributed by atoms with Crippen LogP contribution in [0.1, 0.15) is 13.8 Å². The first-order chi connectivity index (χ1) is 6.95. The fourth-order valence-corrected chi connectivity index (χ4v) is 2.25. The molecular weight excluding hydrogens is 198 g/mol. The molecule has 1 saturated heterocycles. The summed E-state index contributed by atoms with van der Waals surface area (Å²) in [5.41, 5.74) is 0. The maximum Gasteiger partial charge on any atom is 0.308 e. The molecule has 2 rings (SSSR count). The van der Waals surface area contributed by atoms with Gasteiger partial charge in [0, 0.05) is 6.54 Å². The number of carboxylic acids is 1. The normalized spacial score (nSPS) is 33.5. The number of piperidine rings is 1. The highest BCUT2D eigenvalue weighted by Gasteiger charge is 2.70. The second-order valence-electron chi connectivity index (χ2n) is 4.60. The Kier molecular flexibility index (Phi) is 2.06. The molecule has 0 aromatic heterocycles. The predicted molar refractivity (Wildman–Crippen MR) is 49.7 cm³/mol. The number of carbonyl (C=O) groups is 3. The second-order valence-corrected chi connectivity index (χ2v) is 4.60. The van der Waals surface area contributed by atoms with Crippen molar-refractivity contribution in [1.82, 2.24) is 4.90 Å². The van der Waals surface area contributed by atoms with Crippen LogP contribution in [0.2, 0.25) is 0 Å². The van der Waals surface area contributed by atoms with Crippen molar-refractivity contribution in [3.05, 3.63) is 0 Å². The Bertz CT molecular complexity index is 327. The lowest BCUT2D eigenvalue weighted by Gasteiger charge is -2.19. The van der Waals surface area contributed by atoms with E-state index in [1.807, 2.05) is 13.8 Å². The number of nitrogens with zero attached hydrogens (tertiary/aromatic N) is 1. The Hall–Kier alpha value is -1.39. The van der Waals surface area contributed by atoms with Gasteiger partial charge in [-0.05, 0) is 5.92 Å². The van der Waals surface area contributed by atoms with Gasteiger partial charge in [-0.2, -0.15) is 0 Å². The van der Waals surface area contributed by atoms with Crippen LogP contribution < -0.4 is 0 Å². The maximum atomic E-state index is 11.6. The molecule has 2 amide bonds. The Morgan fingerprint density at radius 1 is 1.33 bits per heavy atom. The van der Waals surface area contributed by atoms with Crippen molar-refractivity contribution in [2.75, 3.05) is 6.54 Å². The monoisotopic (exact) mass is 211 g/mol. The molecule has 82 valence electrons. The zero-order valence-corrected chi connectivity index (χ0v) is 8.64. The Balaban J connectivity index is 2.10. The summed E-state index contributed by atoms with van der Waals surface area (Å²) in [5.74, 6) is -3.32. The van der Waals surface area contributed by atoms with Gasteiger partial charge >= 0.3 is 5.97 Å². The van der Waals surface area contributed by atoms with E-state index < -0.39 is 23.7 Å². The summed E-state index contributed by atoms with van der Waals surface area (Å²) in [7, 11) is 0. The Labute approximate surface area is 87.1 Å². The number of carbonyl (C=O) groups excluding carboxylic acids is 2. The van der Waals surface area contributed by atoms with E-state index in [0.29, 0.717) is 6.54 Å². The van der Waals surface area contributed by atoms with Crippen molar-refractivity contribution in [2.45, 2.75) is 13.8 Å². The molecule has 15 heavy (non-hydrogen) atoms. The zero-order chi connectivity index (χ0) is 11.3. The Morgan fingerprint density at radius 3 is 2.13 bits per heavy atom. The lowest BCUT2D eigenvalue weighted by atomic mass is 10.2. The van der Waals surface area contributed by atoms with E-state index in [-0.39, 0.29) is 17.7 Å². The quantitative estimate of drug-likeness (QED) is 0.664. The number of aliphatic carboxylic acids is 1. The van der Waals surface area contributed by atoms with Crippen LogP contribution in [0.5, 0.6) is 0 Å². The van der Waals surface area contributed by atoms with Gasteiger partial charge in [0.2, 0.25) is 11.8 Å². The summed E-state index contributed by atoms with van der Waals surface area (Å²) in [6.07, 6.45) is 0. The van der Waals surface area contributed by atoms with Gasteiger partial charge in [-0.25, -0.2) is 0 Å². The summed E-state index contributed by atoms with van der Waals surface area (Å²) >= 11 is 0. The fourth-order valence-electron chi connectivity index (χ4n) is 2.25. The third-order valence-corrected chi connectivity index (χ3v) is 2.96. The molecule has 0 bridgehead atoms. The number of likely N-dealkylation sites (tertiary alicyclic amines) is 1. The van der Waals surface area contributed by atoms with E-state index in [2.05, 4.69) is 0 Å². The molecule has 0 spiro atoms. The topological polar surface area (TPSA) is 74.7 Å². The smallest absolute Gasteiger partial charge is 0.308 e. The van der Waals surface area contributed by atoms with Gasteiger partial charge in [0.1, 0.15) is 0 Å². The number of amides is 2. The van der Waals surface area contributed by atoms with Gasteiger partial charge in [-0.1, -0.05) is 13.8 Å². The number of rotatable bonds is 3. The summed E-state index contributed by atoms with van der Waals surface area (Å²) in [4.78, 5) is 35.2. The molecule has 1 heterocycles. The molecule has 1 N–H and O–H groups in total. The molecular formula is C10H13NO4. The van der Waals surface area contributed by atoms with Crippen molar-refractivity contribution in [3.8, 4) is 0 Å². The summed E-state index contributed by atoms with van der Waals surface area (Å²) < 4.78 is 0. The molecule has 5 nitrogen and oxygen atoms in total. The van der Waals surface area contributed by atoms with E-state index in [4.69, 9.17) is 5.11 Å². The highest BCUT2D eigenvalue weighted by molar-refractivity contribution is 6.13. The molecule has 5 heteroatoms. The van der Waals surface area contributed by atoms with Gasteiger partial charge in [-0.3, -0.25) is 19.3 Å². The highest BCUT2D eigenvalue weighted by Crippen LogP contribution is 2.53. The number of hydrogen-bond acceptors (Lipinski definition) is 3. The van der Waals surface area contributed by atoms with Crippen molar-refractivity contribution < 1.29 is 19.5 Å². The SMILES string of the molecule is CC(C)CN1C(=O)C2C(C(=O)O)C2C1=O. The third kappa shape index (κ3) is 1.33. The molecule has 0 aromatic carbocycles. The van der Waals surface area contributed by atoms with Crippen LogP contribution in [-0.2, 0) is 14.4 Å². The minimum Gasteiger partial charge on any atom is -0.481 e. The third-order valence-electron chi connectivity index (χ3n) is 2.96. The predicted octanol–water partition coefficient (Wildman–Crippen LogP) is -0.0420. The summed E-state index contributed by atoms with van der Waals surface area (Å²) in [6, 6.07) is 0. The van der Waals surface area contributed by atoms with Crippen LogP contribution in [0.3, 0.4) is 0 Å². The lowest BCUT2D eigenvalue weighted by Crippen LogP contribution is -2.38. The Morgan fingerprint density at radius 2 is 1.80 bits per heavy atom. The largest absolute Gasteiger partial charge is 0.481 e. The number of hydrogen-bond donors (Lipinski definition) is 1. The fraction of sp³-hybridized carbons (Fsp3) is 0.700. The molecule has 1 aliphatic carbocycles. The van der Waals surface area contributed by atoms with Gasteiger partial charge < -0.3 is 5.11 Å². The van der Waals surface area contributed by atoms with Crippen LogP contribution in [0.4, 0.5) is 0 Å². The zero-order valence-electron chi connectivity index (χ0n) is 8.64. The molecule has 2 fully saturated rings. The van der Waals surface area contributed by atoms with Crippen LogP contribution in [0.25, 0.3) is 0 Å². The van der Waals surface area contributed by atoms with Crippen LogP contribution in [0.15, 0.2) is 0 Å². The summed E-state index contributed by atoms with van der Waals surface area (Å²) in [6.45, 7) is 4.23. The van der Waals surface area contributed by atoms with E-state index >= 15 is 0 Å². The van der Waals surface area contributed by atoms with Crippen LogP contribution in [-0.4, -0.2) is 34.3 Å². The summed E-state index contributed by atoms with van der Waals surface area (Å²) in [5, 5.41) is 8.74. The highest BCUT2D eigenvalue weighted by atomic mass is 16.4. The van der Waals surface area contributed by atoms with Crippen LogP contribution in [0, 0.1) is 23.7 Å². The molecule has 2 unspecified atom stereocenters. The van der Waals surface area contributed by atoms with E-state index in [1.54, 1.807) is 0 Å². The molecule has 0 radical (unpaired) electrons. The number of carboxylic acid groups (broad SMARTS) is 1. The first kappa shape index (κ1) is 10.1. The van der Waals surface area contributed by atoms with Crippen molar-refractivity contribution in [1.29, 1.82) is 0 Å². The van der Waals surface area contributed by atoms with Crippen molar-refractivity contribution >= 4 is 17.8 Å². The maximum absolute atomic E-state index is 11.6.